The molecule has 0 aromatic heterocycles. The first kappa shape index (κ1) is 13.5. The minimum absolute atomic E-state index is 0.0160. The third-order valence-electron chi connectivity index (χ3n) is 3.36. The number of nitrogens with one attached hydrogen (secondary N) is 1. The smallest absolute Gasteiger partial charge is 0.240 e. The Morgan fingerprint density at radius 1 is 1.44 bits per heavy atom. The van der Waals surface area contributed by atoms with E-state index in [1.807, 2.05) is 0 Å². The van der Waals surface area contributed by atoms with Crippen molar-refractivity contribution in [2.45, 2.75) is 24.7 Å². The van der Waals surface area contributed by atoms with E-state index in [0.717, 1.165) is 18.9 Å². The number of hydrogen-bond acceptors (Lipinski definition) is 3. The fraction of sp³-hybridized carbons (Fsp3) is 0.500. The lowest BCUT2D eigenvalue weighted by Gasteiger charge is -2.14. The Morgan fingerprint density at radius 2 is 2.11 bits per heavy atom. The summed E-state index contributed by atoms with van der Waals surface area (Å²) < 4.78 is 39.5. The van der Waals surface area contributed by atoms with Crippen molar-refractivity contribution in [2.75, 3.05) is 13.2 Å². The number of benzene rings is 1. The predicted octanol–water partition coefficient (Wildman–Crippen LogP) is 1.18. The maximum absolute atomic E-state index is 12.9. The highest BCUT2D eigenvalue weighted by Gasteiger charge is 2.42. The molecule has 1 aliphatic carbocycles. The van der Waals surface area contributed by atoms with Crippen LogP contribution in [0.4, 0.5) is 4.39 Å². The van der Waals surface area contributed by atoms with Gasteiger partial charge in [-0.05, 0) is 43.5 Å². The lowest BCUT2D eigenvalue weighted by Crippen LogP contribution is -2.32. The Hall–Kier alpha value is -0.980. The lowest BCUT2D eigenvalue weighted by atomic mass is 10.1. The molecule has 1 aliphatic rings. The van der Waals surface area contributed by atoms with Crippen LogP contribution in [-0.4, -0.2) is 26.7 Å². The first-order chi connectivity index (χ1) is 8.38. The van der Waals surface area contributed by atoms with E-state index < -0.39 is 15.8 Å². The predicted molar refractivity (Wildman–Crippen MR) is 65.1 cm³/mol. The molecule has 0 radical (unpaired) electrons. The van der Waals surface area contributed by atoms with Crippen molar-refractivity contribution in [3.8, 4) is 0 Å². The molecule has 0 amide bonds. The average molecular weight is 273 g/mol. The Labute approximate surface area is 106 Å². The molecule has 1 fully saturated rings. The number of hydrogen-bond donors (Lipinski definition) is 2. The van der Waals surface area contributed by atoms with Crippen molar-refractivity contribution in [1.82, 2.24) is 4.72 Å². The van der Waals surface area contributed by atoms with E-state index in [1.54, 1.807) is 6.92 Å². The van der Waals surface area contributed by atoms with Crippen molar-refractivity contribution in [1.29, 1.82) is 0 Å². The molecule has 1 aromatic rings. The topological polar surface area (TPSA) is 66.4 Å². The van der Waals surface area contributed by atoms with Crippen LogP contribution in [0.25, 0.3) is 0 Å². The number of halogens is 1. The summed E-state index contributed by atoms with van der Waals surface area (Å²) in [4.78, 5) is 0.0811. The van der Waals surface area contributed by atoms with Crippen molar-refractivity contribution < 1.29 is 17.9 Å². The molecule has 0 saturated heterocycles. The molecule has 0 aliphatic heterocycles. The SMILES string of the molecule is Cc1cc(F)ccc1S(=O)(=O)NCC1(CO)CC1. The van der Waals surface area contributed by atoms with Crippen LogP contribution in [-0.2, 0) is 10.0 Å². The minimum Gasteiger partial charge on any atom is -0.396 e. The van der Waals surface area contributed by atoms with E-state index in [0.29, 0.717) is 5.56 Å². The first-order valence-electron chi connectivity index (χ1n) is 5.75. The van der Waals surface area contributed by atoms with E-state index in [4.69, 9.17) is 5.11 Å². The summed E-state index contributed by atoms with van der Waals surface area (Å²) in [5.41, 5.74) is 0.0809. The van der Waals surface area contributed by atoms with Crippen LogP contribution >= 0.6 is 0 Å². The molecule has 0 spiro atoms. The van der Waals surface area contributed by atoms with Gasteiger partial charge in [-0.25, -0.2) is 17.5 Å². The zero-order chi connectivity index (χ0) is 13.4. The molecule has 1 aromatic carbocycles. The van der Waals surface area contributed by atoms with Gasteiger partial charge in [0, 0.05) is 18.6 Å². The number of sulfonamides is 1. The normalized spacial score (nSPS) is 17.7. The summed E-state index contributed by atoms with van der Waals surface area (Å²) in [6.45, 7) is 1.76. The first-order valence-corrected chi connectivity index (χ1v) is 7.24. The lowest BCUT2D eigenvalue weighted by molar-refractivity contribution is 0.213. The van der Waals surface area contributed by atoms with Gasteiger partial charge in [0.15, 0.2) is 0 Å². The molecule has 18 heavy (non-hydrogen) atoms. The largest absolute Gasteiger partial charge is 0.396 e. The maximum Gasteiger partial charge on any atom is 0.240 e. The van der Waals surface area contributed by atoms with Crippen molar-refractivity contribution in [3.05, 3.63) is 29.6 Å². The van der Waals surface area contributed by atoms with Gasteiger partial charge in [-0.2, -0.15) is 0 Å². The molecule has 0 bridgehead atoms. The Morgan fingerprint density at radius 3 is 2.61 bits per heavy atom. The third kappa shape index (κ3) is 2.71. The number of rotatable bonds is 5. The van der Waals surface area contributed by atoms with Crippen molar-refractivity contribution in [2.24, 2.45) is 5.41 Å². The van der Waals surface area contributed by atoms with Gasteiger partial charge in [-0.15, -0.1) is 0 Å². The highest BCUT2D eigenvalue weighted by atomic mass is 32.2. The molecule has 6 heteroatoms. The van der Waals surface area contributed by atoms with Gasteiger partial charge in [0.1, 0.15) is 5.82 Å². The summed E-state index contributed by atoms with van der Waals surface area (Å²) in [6, 6.07) is 3.57. The molecule has 1 saturated carbocycles. The van der Waals surface area contributed by atoms with E-state index in [2.05, 4.69) is 4.72 Å². The molecule has 100 valence electrons. The molecule has 4 nitrogen and oxygen atoms in total. The summed E-state index contributed by atoms with van der Waals surface area (Å²) in [7, 11) is -3.64. The van der Waals surface area contributed by atoms with Gasteiger partial charge in [0.2, 0.25) is 10.0 Å². The Balaban J connectivity index is 2.15. The van der Waals surface area contributed by atoms with Crippen LogP contribution in [0.3, 0.4) is 0 Å². The zero-order valence-corrected chi connectivity index (χ0v) is 10.9. The number of aliphatic hydroxyl groups is 1. The van der Waals surface area contributed by atoms with Crippen LogP contribution in [0.1, 0.15) is 18.4 Å². The van der Waals surface area contributed by atoms with Crippen LogP contribution in [0.2, 0.25) is 0 Å². The van der Waals surface area contributed by atoms with Crippen LogP contribution < -0.4 is 4.72 Å². The van der Waals surface area contributed by atoms with Gasteiger partial charge < -0.3 is 5.11 Å². The van der Waals surface area contributed by atoms with Gasteiger partial charge in [-0.1, -0.05) is 0 Å². The number of aliphatic hydroxyl groups excluding tert-OH is 1. The molecular weight excluding hydrogens is 257 g/mol. The second-order valence-electron chi connectivity index (χ2n) is 4.89. The van der Waals surface area contributed by atoms with Crippen LogP contribution in [0.5, 0.6) is 0 Å². The van der Waals surface area contributed by atoms with Crippen molar-refractivity contribution >= 4 is 10.0 Å². The summed E-state index contributed by atoms with van der Waals surface area (Å²) in [6.07, 6.45) is 1.66. The van der Waals surface area contributed by atoms with Crippen LogP contribution in [0, 0.1) is 18.2 Å². The molecule has 0 atom stereocenters. The average Bonchev–Trinajstić information content (AvgIpc) is 3.07. The van der Waals surface area contributed by atoms with Gasteiger partial charge in [0.05, 0.1) is 4.90 Å². The molecular formula is C12H16FNO3S. The second-order valence-corrected chi connectivity index (χ2v) is 6.63. The third-order valence-corrected chi connectivity index (χ3v) is 4.92. The van der Waals surface area contributed by atoms with Gasteiger partial charge in [0.25, 0.3) is 0 Å². The Kier molecular flexibility index (Phi) is 3.44. The molecule has 0 unspecified atom stereocenters. The highest BCUT2D eigenvalue weighted by molar-refractivity contribution is 7.89. The molecule has 2 rings (SSSR count). The standard InChI is InChI=1S/C12H16FNO3S/c1-9-6-10(13)2-3-11(9)18(16,17)14-7-12(8-15)4-5-12/h2-3,6,14-15H,4-5,7-8H2,1H3. The molecule has 0 heterocycles. The highest BCUT2D eigenvalue weighted by Crippen LogP contribution is 2.44. The summed E-state index contributed by atoms with van der Waals surface area (Å²) in [5, 5.41) is 9.13. The van der Waals surface area contributed by atoms with E-state index in [9.17, 15) is 12.8 Å². The second kappa shape index (κ2) is 4.60. The summed E-state index contributed by atoms with van der Waals surface area (Å²) >= 11 is 0. The van der Waals surface area contributed by atoms with E-state index in [1.165, 1.54) is 12.1 Å². The van der Waals surface area contributed by atoms with Gasteiger partial charge in [-0.3, -0.25) is 0 Å². The fourth-order valence-electron chi connectivity index (χ4n) is 1.81. The monoisotopic (exact) mass is 273 g/mol. The van der Waals surface area contributed by atoms with E-state index >= 15 is 0 Å². The number of aryl methyl sites for hydroxylation is 1. The van der Waals surface area contributed by atoms with Crippen LogP contribution in [0.15, 0.2) is 23.1 Å². The van der Waals surface area contributed by atoms with Crippen molar-refractivity contribution in [3.63, 3.8) is 0 Å². The quantitative estimate of drug-likeness (QED) is 0.846. The minimum atomic E-state index is -3.64. The zero-order valence-electron chi connectivity index (χ0n) is 10.1. The maximum atomic E-state index is 12.9. The molecule has 2 N–H and O–H groups in total. The summed E-state index contributed by atoms with van der Waals surface area (Å²) in [5.74, 6) is -0.458. The Bertz CT molecular complexity index is 552. The van der Waals surface area contributed by atoms with E-state index in [-0.39, 0.29) is 23.5 Å². The fourth-order valence-corrected chi connectivity index (χ4v) is 3.19. The van der Waals surface area contributed by atoms with Gasteiger partial charge >= 0.3 is 0 Å².